The van der Waals surface area contributed by atoms with Gasteiger partial charge in [-0.05, 0) is 45.0 Å². The molecule has 0 radical (unpaired) electrons. The molecule has 1 fully saturated rings. The molecule has 1 aromatic carbocycles. The van der Waals surface area contributed by atoms with E-state index in [1.165, 1.54) is 10.9 Å². The Morgan fingerprint density at radius 2 is 2.00 bits per heavy atom. The molecule has 2 aromatic rings. The van der Waals surface area contributed by atoms with Gasteiger partial charge >= 0.3 is 0 Å². The van der Waals surface area contributed by atoms with Gasteiger partial charge in [-0.3, -0.25) is 9.80 Å². The molecule has 0 amide bonds. The highest BCUT2D eigenvalue weighted by Crippen LogP contribution is 2.21. The van der Waals surface area contributed by atoms with Crippen LogP contribution in [-0.2, 0) is 6.54 Å². The summed E-state index contributed by atoms with van der Waals surface area (Å²) in [5, 5.41) is 12.0. The standard InChI is InChI=1S/C19H28ClN3O/c1-15-13-21(9-11-23(15)14-19(2,3)24)8-10-22-7-6-16-12-17(20)4-5-18(16)22/h4-7,12,15,24H,8-11,13-14H2,1-3H3. The first-order valence-electron chi connectivity index (χ1n) is 8.75. The summed E-state index contributed by atoms with van der Waals surface area (Å²) in [5.41, 5.74) is 0.620. The first kappa shape index (κ1) is 17.7. The number of benzene rings is 1. The first-order valence-corrected chi connectivity index (χ1v) is 9.13. The van der Waals surface area contributed by atoms with E-state index < -0.39 is 5.60 Å². The molecule has 1 unspecified atom stereocenters. The molecule has 1 N–H and O–H groups in total. The summed E-state index contributed by atoms with van der Waals surface area (Å²) in [6, 6.07) is 8.68. The summed E-state index contributed by atoms with van der Waals surface area (Å²) in [6.07, 6.45) is 2.15. The van der Waals surface area contributed by atoms with Gasteiger partial charge in [0.1, 0.15) is 0 Å². The van der Waals surface area contributed by atoms with E-state index in [1.807, 2.05) is 26.0 Å². The number of rotatable bonds is 5. The lowest BCUT2D eigenvalue weighted by Gasteiger charge is -2.42. The third kappa shape index (κ3) is 4.31. The molecule has 3 rings (SSSR count). The van der Waals surface area contributed by atoms with Crippen LogP contribution in [0, 0.1) is 0 Å². The van der Waals surface area contributed by atoms with Crippen molar-refractivity contribution in [1.29, 1.82) is 0 Å². The number of aliphatic hydroxyl groups is 1. The van der Waals surface area contributed by atoms with Crippen LogP contribution < -0.4 is 0 Å². The quantitative estimate of drug-likeness (QED) is 0.900. The van der Waals surface area contributed by atoms with Gasteiger partial charge in [-0.2, -0.15) is 0 Å². The maximum Gasteiger partial charge on any atom is 0.0718 e. The SMILES string of the molecule is CC1CN(CCn2ccc3cc(Cl)ccc32)CCN1CC(C)(C)O. The lowest BCUT2D eigenvalue weighted by atomic mass is 10.1. The number of fused-ring (bicyclic) bond motifs is 1. The highest BCUT2D eigenvalue weighted by atomic mass is 35.5. The van der Waals surface area contributed by atoms with E-state index in [0.717, 1.165) is 44.3 Å². The van der Waals surface area contributed by atoms with Gasteiger partial charge in [-0.15, -0.1) is 0 Å². The lowest BCUT2D eigenvalue weighted by Crippen LogP contribution is -2.55. The molecule has 0 bridgehead atoms. The monoisotopic (exact) mass is 349 g/mol. The van der Waals surface area contributed by atoms with Gasteiger partial charge < -0.3 is 9.67 Å². The molecule has 5 heteroatoms. The van der Waals surface area contributed by atoms with E-state index in [9.17, 15) is 5.11 Å². The second kappa shape index (κ2) is 7.04. The number of piperazine rings is 1. The smallest absolute Gasteiger partial charge is 0.0718 e. The number of halogens is 1. The number of hydrogen-bond acceptors (Lipinski definition) is 3. The van der Waals surface area contributed by atoms with Crippen LogP contribution in [0.15, 0.2) is 30.5 Å². The highest BCUT2D eigenvalue weighted by molar-refractivity contribution is 6.31. The molecule has 132 valence electrons. The fourth-order valence-corrected chi connectivity index (χ4v) is 3.80. The number of aromatic nitrogens is 1. The first-order chi connectivity index (χ1) is 11.3. The van der Waals surface area contributed by atoms with Crippen LogP contribution in [0.1, 0.15) is 20.8 Å². The van der Waals surface area contributed by atoms with Crippen LogP contribution in [0.5, 0.6) is 0 Å². The predicted molar refractivity (Wildman–Crippen MR) is 101 cm³/mol. The Hall–Kier alpha value is -1.07. The molecule has 4 nitrogen and oxygen atoms in total. The van der Waals surface area contributed by atoms with Crippen LogP contribution >= 0.6 is 11.6 Å². The van der Waals surface area contributed by atoms with E-state index in [2.05, 4.69) is 39.6 Å². The van der Waals surface area contributed by atoms with E-state index in [-0.39, 0.29) is 0 Å². The number of β-amino-alcohol motifs (C(OH)–C–C–N with tert-alkyl or cyclic N) is 1. The van der Waals surface area contributed by atoms with Crippen LogP contribution in [0.25, 0.3) is 10.9 Å². The highest BCUT2D eigenvalue weighted by Gasteiger charge is 2.27. The van der Waals surface area contributed by atoms with Crippen molar-refractivity contribution in [3.8, 4) is 0 Å². The van der Waals surface area contributed by atoms with Crippen molar-refractivity contribution >= 4 is 22.5 Å². The fourth-order valence-electron chi connectivity index (χ4n) is 3.62. The normalized spacial score (nSPS) is 20.8. The largest absolute Gasteiger partial charge is 0.389 e. The second-order valence-electron chi connectivity index (χ2n) is 7.64. The minimum atomic E-state index is -0.623. The molecule has 1 aromatic heterocycles. The molecule has 1 saturated heterocycles. The third-order valence-corrected chi connectivity index (χ3v) is 5.06. The lowest BCUT2D eigenvalue weighted by molar-refractivity contribution is -0.00402. The summed E-state index contributed by atoms with van der Waals surface area (Å²) < 4.78 is 2.31. The van der Waals surface area contributed by atoms with E-state index >= 15 is 0 Å². The zero-order valence-electron chi connectivity index (χ0n) is 14.9. The average molecular weight is 350 g/mol. The summed E-state index contributed by atoms with van der Waals surface area (Å²) in [5.74, 6) is 0. The van der Waals surface area contributed by atoms with Gasteiger partial charge in [0.05, 0.1) is 5.60 Å². The van der Waals surface area contributed by atoms with Crippen molar-refractivity contribution < 1.29 is 5.11 Å². The second-order valence-corrected chi connectivity index (χ2v) is 8.08. The minimum absolute atomic E-state index is 0.477. The van der Waals surface area contributed by atoms with E-state index in [0.29, 0.717) is 6.04 Å². The van der Waals surface area contributed by atoms with Crippen LogP contribution in [0.3, 0.4) is 0 Å². The van der Waals surface area contributed by atoms with Crippen molar-refractivity contribution in [2.24, 2.45) is 0 Å². The van der Waals surface area contributed by atoms with Gasteiger partial charge in [0, 0.05) is 67.4 Å². The van der Waals surface area contributed by atoms with E-state index in [1.54, 1.807) is 0 Å². The summed E-state index contributed by atoms with van der Waals surface area (Å²) in [4.78, 5) is 4.91. The van der Waals surface area contributed by atoms with Gasteiger partial charge in [-0.1, -0.05) is 11.6 Å². The Balaban J connectivity index is 1.56. The molecule has 0 saturated carbocycles. The molecule has 1 aliphatic heterocycles. The molecule has 1 aliphatic rings. The predicted octanol–water partition coefficient (Wildman–Crippen LogP) is 3.07. The Morgan fingerprint density at radius 3 is 2.71 bits per heavy atom. The van der Waals surface area contributed by atoms with Crippen LogP contribution in [-0.4, -0.2) is 63.8 Å². The van der Waals surface area contributed by atoms with Crippen molar-refractivity contribution in [1.82, 2.24) is 14.4 Å². The Labute approximate surface area is 149 Å². The van der Waals surface area contributed by atoms with Crippen molar-refractivity contribution in [2.75, 3.05) is 32.7 Å². The Morgan fingerprint density at radius 1 is 1.21 bits per heavy atom. The molecule has 0 aliphatic carbocycles. The van der Waals surface area contributed by atoms with Crippen molar-refractivity contribution in [3.05, 3.63) is 35.5 Å². The maximum absolute atomic E-state index is 10.0. The summed E-state index contributed by atoms with van der Waals surface area (Å²) in [6.45, 7) is 11.9. The zero-order valence-corrected chi connectivity index (χ0v) is 15.6. The third-order valence-electron chi connectivity index (χ3n) is 4.83. The molecule has 24 heavy (non-hydrogen) atoms. The Kier molecular flexibility index (Phi) is 5.21. The maximum atomic E-state index is 10.0. The van der Waals surface area contributed by atoms with Crippen molar-refractivity contribution in [3.63, 3.8) is 0 Å². The van der Waals surface area contributed by atoms with Crippen LogP contribution in [0.4, 0.5) is 0 Å². The zero-order chi connectivity index (χ0) is 17.3. The topological polar surface area (TPSA) is 31.6 Å². The summed E-state index contributed by atoms with van der Waals surface area (Å²) >= 11 is 6.06. The minimum Gasteiger partial charge on any atom is -0.389 e. The van der Waals surface area contributed by atoms with Gasteiger partial charge in [0.15, 0.2) is 0 Å². The van der Waals surface area contributed by atoms with Gasteiger partial charge in [0.25, 0.3) is 0 Å². The molecule has 0 spiro atoms. The summed E-state index contributed by atoms with van der Waals surface area (Å²) in [7, 11) is 0. The fraction of sp³-hybridized carbons (Fsp3) is 0.579. The average Bonchev–Trinajstić information content (AvgIpc) is 2.88. The Bertz CT molecular complexity index is 691. The van der Waals surface area contributed by atoms with Gasteiger partial charge in [0.2, 0.25) is 0 Å². The van der Waals surface area contributed by atoms with Gasteiger partial charge in [-0.25, -0.2) is 0 Å². The molecular formula is C19H28ClN3O. The molecular weight excluding hydrogens is 322 g/mol. The number of hydrogen-bond donors (Lipinski definition) is 1. The molecule has 2 heterocycles. The van der Waals surface area contributed by atoms with E-state index in [4.69, 9.17) is 11.6 Å². The van der Waals surface area contributed by atoms with Crippen molar-refractivity contribution in [2.45, 2.75) is 39.0 Å². The molecule has 1 atom stereocenters. The van der Waals surface area contributed by atoms with Crippen LogP contribution in [0.2, 0.25) is 5.02 Å². The number of nitrogens with zero attached hydrogens (tertiary/aromatic N) is 3.